The number of halogens is 1. The highest BCUT2D eigenvalue weighted by Gasteiger charge is 2.35. The third kappa shape index (κ3) is 3.42. The number of fused-ring (bicyclic) bond motifs is 1. The second-order valence-corrected chi connectivity index (χ2v) is 7.09. The third-order valence-electron chi connectivity index (χ3n) is 4.37. The van der Waals surface area contributed by atoms with Gasteiger partial charge in [0.1, 0.15) is 6.10 Å². The number of amides is 2. The van der Waals surface area contributed by atoms with Crippen molar-refractivity contribution in [3.63, 3.8) is 0 Å². The number of ether oxygens (including phenoxy) is 2. The van der Waals surface area contributed by atoms with Gasteiger partial charge in [-0.2, -0.15) is 0 Å². The Morgan fingerprint density at radius 3 is 2.62 bits per heavy atom. The van der Waals surface area contributed by atoms with Crippen molar-refractivity contribution in [3.8, 4) is 0 Å². The Morgan fingerprint density at radius 2 is 1.96 bits per heavy atom. The van der Waals surface area contributed by atoms with E-state index in [-0.39, 0.29) is 24.1 Å². The Labute approximate surface area is 149 Å². The first-order chi connectivity index (χ1) is 11.5. The van der Waals surface area contributed by atoms with E-state index in [0.717, 1.165) is 23.0 Å². The van der Waals surface area contributed by atoms with Crippen LogP contribution >= 0.6 is 15.9 Å². The van der Waals surface area contributed by atoms with Gasteiger partial charge in [-0.25, -0.2) is 4.79 Å². The highest BCUT2D eigenvalue weighted by Crippen LogP contribution is 2.38. The largest absolute Gasteiger partial charge is 0.446 e. The van der Waals surface area contributed by atoms with Gasteiger partial charge in [-0.3, -0.25) is 9.69 Å². The molecule has 0 aliphatic carbocycles. The summed E-state index contributed by atoms with van der Waals surface area (Å²) in [5.74, 6) is -0.0384. The van der Waals surface area contributed by atoms with Gasteiger partial charge in [-0.1, -0.05) is 15.9 Å². The summed E-state index contributed by atoms with van der Waals surface area (Å²) in [5, 5.41) is 0. The van der Waals surface area contributed by atoms with E-state index in [9.17, 15) is 9.59 Å². The van der Waals surface area contributed by atoms with Crippen molar-refractivity contribution >= 4 is 39.3 Å². The van der Waals surface area contributed by atoms with Crippen LogP contribution in [0.4, 0.5) is 16.2 Å². The van der Waals surface area contributed by atoms with E-state index < -0.39 is 0 Å². The zero-order valence-corrected chi connectivity index (χ0v) is 15.4. The molecular formula is C17H21BrN2O4. The minimum Gasteiger partial charge on any atom is -0.446 e. The molecular weight excluding hydrogens is 376 g/mol. The standard InChI is InChI=1S/C17H21BrN2O4/c1-11-10-19(17(22)24-14-5-7-23-8-6-14)16-9-13(18)3-4-15(16)20(11)12(2)21/h3-4,9,11,14H,5-8,10H2,1-2H3/t11-/m0/s1. The Hall–Kier alpha value is -1.60. The fraction of sp³-hybridized carbons (Fsp3) is 0.529. The quantitative estimate of drug-likeness (QED) is 0.730. The Morgan fingerprint density at radius 1 is 1.25 bits per heavy atom. The fourth-order valence-electron chi connectivity index (χ4n) is 3.25. The van der Waals surface area contributed by atoms with E-state index in [4.69, 9.17) is 9.47 Å². The molecule has 0 saturated carbocycles. The number of carbonyl (C=O) groups is 2. The number of benzene rings is 1. The second kappa shape index (κ2) is 7.11. The maximum atomic E-state index is 12.7. The maximum Gasteiger partial charge on any atom is 0.414 e. The van der Waals surface area contributed by atoms with Gasteiger partial charge < -0.3 is 14.4 Å². The highest BCUT2D eigenvalue weighted by atomic mass is 79.9. The lowest BCUT2D eigenvalue weighted by Gasteiger charge is -2.40. The lowest BCUT2D eigenvalue weighted by Crippen LogP contribution is -2.52. The van der Waals surface area contributed by atoms with Crippen molar-refractivity contribution < 1.29 is 19.1 Å². The van der Waals surface area contributed by atoms with Crippen LogP contribution in [0.1, 0.15) is 26.7 Å². The average molecular weight is 397 g/mol. The van der Waals surface area contributed by atoms with Gasteiger partial charge in [0.25, 0.3) is 0 Å². The van der Waals surface area contributed by atoms with E-state index in [1.807, 2.05) is 25.1 Å². The Bertz CT molecular complexity index is 645. The van der Waals surface area contributed by atoms with Gasteiger partial charge in [0.2, 0.25) is 5.91 Å². The number of carbonyl (C=O) groups excluding carboxylic acids is 2. The molecule has 7 heteroatoms. The molecule has 2 aliphatic rings. The molecule has 2 amide bonds. The monoisotopic (exact) mass is 396 g/mol. The molecule has 1 fully saturated rings. The van der Waals surface area contributed by atoms with Crippen molar-refractivity contribution in [2.45, 2.75) is 38.8 Å². The van der Waals surface area contributed by atoms with E-state index in [2.05, 4.69) is 15.9 Å². The zero-order valence-electron chi connectivity index (χ0n) is 13.8. The predicted molar refractivity (Wildman–Crippen MR) is 94.4 cm³/mol. The average Bonchev–Trinajstić information content (AvgIpc) is 2.54. The Kier molecular flexibility index (Phi) is 5.10. The van der Waals surface area contributed by atoms with Gasteiger partial charge in [-0.05, 0) is 25.1 Å². The molecule has 24 heavy (non-hydrogen) atoms. The molecule has 2 heterocycles. The van der Waals surface area contributed by atoms with E-state index >= 15 is 0 Å². The Balaban J connectivity index is 1.88. The van der Waals surface area contributed by atoms with Crippen LogP contribution in [0.2, 0.25) is 0 Å². The summed E-state index contributed by atoms with van der Waals surface area (Å²) in [4.78, 5) is 28.1. The topological polar surface area (TPSA) is 59.1 Å². The molecule has 0 spiro atoms. The van der Waals surface area contributed by atoms with Crippen molar-refractivity contribution in [1.29, 1.82) is 0 Å². The van der Waals surface area contributed by atoms with Gasteiger partial charge in [0, 0.05) is 30.8 Å². The summed E-state index contributed by atoms with van der Waals surface area (Å²) in [6, 6.07) is 5.46. The molecule has 0 radical (unpaired) electrons. The van der Waals surface area contributed by atoms with Crippen LogP contribution < -0.4 is 9.80 Å². The molecule has 3 rings (SSSR count). The van der Waals surface area contributed by atoms with Crippen molar-refractivity contribution in [1.82, 2.24) is 0 Å². The number of hydrogen-bond acceptors (Lipinski definition) is 4. The number of rotatable bonds is 1. The first-order valence-electron chi connectivity index (χ1n) is 8.12. The third-order valence-corrected chi connectivity index (χ3v) is 4.86. The van der Waals surface area contributed by atoms with Crippen LogP contribution in [0.5, 0.6) is 0 Å². The lowest BCUT2D eigenvalue weighted by molar-refractivity contribution is -0.117. The summed E-state index contributed by atoms with van der Waals surface area (Å²) in [6.07, 6.45) is 0.972. The predicted octanol–water partition coefficient (Wildman–Crippen LogP) is 3.33. The normalized spacial score (nSPS) is 21.4. The molecule has 0 unspecified atom stereocenters. The second-order valence-electron chi connectivity index (χ2n) is 6.18. The van der Waals surface area contributed by atoms with E-state index in [0.29, 0.717) is 25.4 Å². The summed E-state index contributed by atoms with van der Waals surface area (Å²) in [7, 11) is 0. The molecule has 1 aromatic rings. The molecule has 6 nitrogen and oxygen atoms in total. The molecule has 130 valence electrons. The SMILES string of the molecule is CC(=O)N1c2ccc(Br)cc2N(C(=O)OC2CCOCC2)C[C@@H]1C. The van der Waals surface area contributed by atoms with E-state index in [1.54, 1.807) is 16.7 Å². The maximum absolute atomic E-state index is 12.7. The first kappa shape index (κ1) is 17.2. The number of anilines is 2. The molecule has 1 atom stereocenters. The van der Waals surface area contributed by atoms with Crippen LogP contribution in [-0.4, -0.2) is 43.9 Å². The minimum atomic E-state index is -0.365. The first-order valence-corrected chi connectivity index (χ1v) is 8.92. The van der Waals surface area contributed by atoms with Crippen LogP contribution in [-0.2, 0) is 14.3 Å². The van der Waals surface area contributed by atoms with Gasteiger partial charge in [0.15, 0.2) is 0 Å². The summed E-state index contributed by atoms with van der Waals surface area (Å²) < 4.78 is 11.8. The lowest BCUT2D eigenvalue weighted by atomic mass is 10.1. The molecule has 1 saturated heterocycles. The zero-order chi connectivity index (χ0) is 17.3. The highest BCUT2D eigenvalue weighted by molar-refractivity contribution is 9.10. The fourth-order valence-corrected chi connectivity index (χ4v) is 3.60. The molecule has 1 aromatic carbocycles. The van der Waals surface area contributed by atoms with Gasteiger partial charge in [0.05, 0.1) is 30.6 Å². The summed E-state index contributed by atoms with van der Waals surface area (Å²) in [5.41, 5.74) is 1.42. The molecule has 0 aromatic heterocycles. The summed E-state index contributed by atoms with van der Waals surface area (Å²) in [6.45, 7) is 5.12. The molecule has 0 N–H and O–H groups in total. The number of nitrogens with zero attached hydrogens (tertiary/aromatic N) is 2. The minimum absolute atomic E-state index is 0.0384. The van der Waals surface area contributed by atoms with E-state index in [1.165, 1.54) is 0 Å². The molecule has 0 bridgehead atoms. The van der Waals surface area contributed by atoms with Gasteiger partial charge >= 0.3 is 6.09 Å². The van der Waals surface area contributed by atoms with Crippen LogP contribution in [0.25, 0.3) is 0 Å². The molecule has 2 aliphatic heterocycles. The van der Waals surface area contributed by atoms with Gasteiger partial charge in [-0.15, -0.1) is 0 Å². The number of hydrogen-bond donors (Lipinski definition) is 0. The van der Waals surface area contributed by atoms with Crippen molar-refractivity contribution in [2.75, 3.05) is 29.6 Å². The van der Waals surface area contributed by atoms with Crippen LogP contribution in [0.15, 0.2) is 22.7 Å². The summed E-state index contributed by atoms with van der Waals surface area (Å²) >= 11 is 3.44. The smallest absolute Gasteiger partial charge is 0.414 e. The van der Waals surface area contributed by atoms with Crippen molar-refractivity contribution in [2.24, 2.45) is 0 Å². The van der Waals surface area contributed by atoms with Crippen LogP contribution in [0, 0.1) is 0 Å². The van der Waals surface area contributed by atoms with Crippen molar-refractivity contribution in [3.05, 3.63) is 22.7 Å². The van der Waals surface area contributed by atoms with Crippen LogP contribution in [0.3, 0.4) is 0 Å².